The molecular formula is C9H13N3O5. The van der Waals surface area contributed by atoms with E-state index in [2.05, 4.69) is 14.9 Å². The average molecular weight is 243 g/mol. The highest BCUT2D eigenvalue weighted by Gasteiger charge is 2.26. The van der Waals surface area contributed by atoms with Crippen molar-refractivity contribution in [2.24, 2.45) is 5.73 Å². The molecule has 0 aromatic carbocycles. The highest BCUT2D eigenvalue weighted by atomic mass is 16.5. The van der Waals surface area contributed by atoms with E-state index in [4.69, 9.17) is 5.73 Å². The molecule has 8 heteroatoms. The van der Waals surface area contributed by atoms with Gasteiger partial charge in [0.15, 0.2) is 0 Å². The van der Waals surface area contributed by atoms with Gasteiger partial charge < -0.3 is 20.7 Å². The summed E-state index contributed by atoms with van der Waals surface area (Å²) in [4.78, 5) is 21.9. The van der Waals surface area contributed by atoms with Crippen molar-refractivity contribution in [3.63, 3.8) is 0 Å². The highest BCUT2D eigenvalue weighted by Crippen LogP contribution is 2.21. The van der Waals surface area contributed by atoms with E-state index in [9.17, 15) is 19.8 Å². The summed E-state index contributed by atoms with van der Waals surface area (Å²) in [6, 6.07) is 0. The molecular weight excluding hydrogens is 230 g/mol. The van der Waals surface area contributed by atoms with Crippen LogP contribution in [0.25, 0.3) is 0 Å². The highest BCUT2D eigenvalue weighted by molar-refractivity contribution is 5.88. The SMILES string of the molecule is COC(=O)c1[nH]ncc1C(O)C(O)CC(N)=O. The molecule has 1 amide bonds. The lowest BCUT2D eigenvalue weighted by Gasteiger charge is -2.15. The number of carbonyl (C=O) groups excluding carboxylic acids is 2. The fourth-order valence-corrected chi connectivity index (χ4v) is 1.31. The van der Waals surface area contributed by atoms with E-state index in [-0.39, 0.29) is 11.3 Å². The van der Waals surface area contributed by atoms with Gasteiger partial charge in [-0.2, -0.15) is 5.10 Å². The van der Waals surface area contributed by atoms with Crippen LogP contribution in [0.1, 0.15) is 28.6 Å². The van der Waals surface area contributed by atoms with Crippen molar-refractivity contribution in [1.29, 1.82) is 0 Å². The first-order chi connectivity index (χ1) is 7.97. The maximum absolute atomic E-state index is 11.3. The predicted octanol–water partition coefficient (Wildman–Crippen LogP) is -1.53. The molecule has 1 aromatic heterocycles. The number of rotatable bonds is 5. The summed E-state index contributed by atoms with van der Waals surface area (Å²) in [6.45, 7) is 0. The molecule has 0 fully saturated rings. The molecule has 17 heavy (non-hydrogen) atoms. The molecule has 1 rings (SSSR count). The number of hydrogen-bond acceptors (Lipinski definition) is 6. The van der Waals surface area contributed by atoms with Crippen molar-refractivity contribution in [2.45, 2.75) is 18.6 Å². The Hall–Kier alpha value is -1.93. The molecule has 1 heterocycles. The normalized spacial score (nSPS) is 14.1. The Morgan fingerprint density at radius 1 is 1.59 bits per heavy atom. The van der Waals surface area contributed by atoms with Gasteiger partial charge in [0.2, 0.25) is 5.91 Å². The van der Waals surface area contributed by atoms with Crippen LogP contribution in [-0.4, -0.2) is 45.5 Å². The van der Waals surface area contributed by atoms with Gasteiger partial charge in [-0.25, -0.2) is 4.79 Å². The first-order valence-electron chi connectivity index (χ1n) is 4.73. The summed E-state index contributed by atoms with van der Waals surface area (Å²) >= 11 is 0. The van der Waals surface area contributed by atoms with Crippen LogP contribution in [0.15, 0.2) is 6.20 Å². The van der Waals surface area contributed by atoms with Gasteiger partial charge in [-0.1, -0.05) is 0 Å². The average Bonchev–Trinajstić information content (AvgIpc) is 2.74. The zero-order chi connectivity index (χ0) is 13.0. The standard InChI is InChI=1S/C9H13N3O5/c1-17-9(16)7-4(3-11-12-7)8(15)5(13)2-6(10)14/h3,5,8,13,15H,2H2,1H3,(H2,10,14)(H,11,12). The van der Waals surface area contributed by atoms with E-state index in [0.717, 1.165) is 0 Å². The third-order valence-corrected chi connectivity index (χ3v) is 2.15. The number of esters is 1. The Morgan fingerprint density at radius 2 is 2.24 bits per heavy atom. The van der Waals surface area contributed by atoms with Gasteiger partial charge in [-0.3, -0.25) is 9.89 Å². The third kappa shape index (κ3) is 3.02. The molecule has 2 unspecified atom stereocenters. The maximum atomic E-state index is 11.3. The first-order valence-corrected chi connectivity index (χ1v) is 4.73. The van der Waals surface area contributed by atoms with Crippen LogP contribution < -0.4 is 5.73 Å². The topological polar surface area (TPSA) is 139 Å². The molecule has 5 N–H and O–H groups in total. The second-order valence-corrected chi connectivity index (χ2v) is 3.37. The van der Waals surface area contributed by atoms with Crippen LogP contribution in [0.2, 0.25) is 0 Å². The summed E-state index contributed by atoms with van der Waals surface area (Å²) in [5.74, 6) is -1.50. The zero-order valence-electron chi connectivity index (χ0n) is 9.08. The predicted molar refractivity (Wildman–Crippen MR) is 54.7 cm³/mol. The monoisotopic (exact) mass is 243 g/mol. The summed E-state index contributed by atoms with van der Waals surface area (Å²) < 4.78 is 4.45. The number of aromatic amines is 1. The second-order valence-electron chi connectivity index (χ2n) is 3.37. The van der Waals surface area contributed by atoms with E-state index in [1.54, 1.807) is 0 Å². The number of aliphatic hydroxyl groups excluding tert-OH is 2. The number of aliphatic hydroxyl groups is 2. The Labute approximate surface area is 96.4 Å². The Balaban J connectivity index is 2.88. The molecule has 1 aromatic rings. The van der Waals surface area contributed by atoms with E-state index in [1.807, 2.05) is 0 Å². The Morgan fingerprint density at radius 3 is 2.76 bits per heavy atom. The minimum atomic E-state index is -1.45. The van der Waals surface area contributed by atoms with Gasteiger partial charge in [-0.05, 0) is 0 Å². The van der Waals surface area contributed by atoms with Crippen molar-refractivity contribution in [2.75, 3.05) is 7.11 Å². The number of nitrogens with one attached hydrogen (secondary N) is 1. The molecule has 0 aliphatic carbocycles. The molecule has 0 bridgehead atoms. The fraction of sp³-hybridized carbons (Fsp3) is 0.444. The van der Waals surface area contributed by atoms with Crippen LogP contribution in [0.5, 0.6) is 0 Å². The lowest BCUT2D eigenvalue weighted by Crippen LogP contribution is -2.26. The van der Waals surface area contributed by atoms with Crippen molar-refractivity contribution in [3.8, 4) is 0 Å². The van der Waals surface area contributed by atoms with E-state index >= 15 is 0 Å². The summed E-state index contributed by atoms with van der Waals surface area (Å²) in [5, 5.41) is 25.1. The number of carbonyl (C=O) groups is 2. The number of nitrogens with zero attached hydrogens (tertiary/aromatic N) is 1. The third-order valence-electron chi connectivity index (χ3n) is 2.15. The van der Waals surface area contributed by atoms with Gasteiger partial charge in [0.05, 0.1) is 25.8 Å². The molecule has 8 nitrogen and oxygen atoms in total. The molecule has 0 aliphatic heterocycles. The van der Waals surface area contributed by atoms with Crippen molar-refractivity contribution < 1.29 is 24.5 Å². The smallest absolute Gasteiger partial charge is 0.356 e. The number of ether oxygens (including phenoxy) is 1. The van der Waals surface area contributed by atoms with Crippen molar-refractivity contribution in [3.05, 3.63) is 17.5 Å². The van der Waals surface area contributed by atoms with E-state index in [1.165, 1.54) is 13.3 Å². The van der Waals surface area contributed by atoms with Gasteiger partial charge in [-0.15, -0.1) is 0 Å². The van der Waals surface area contributed by atoms with Crippen LogP contribution in [0.4, 0.5) is 0 Å². The van der Waals surface area contributed by atoms with Crippen molar-refractivity contribution in [1.82, 2.24) is 10.2 Å². The van der Waals surface area contributed by atoms with Crippen LogP contribution in [0, 0.1) is 0 Å². The summed E-state index contributed by atoms with van der Waals surface area (Å²) in [6.07, 6.45) is -2.11. The van der Waals surface area contributed by atoms with Crippen molar-refractivity contribution >= 4 is 11.9 Å². The molecule has 0 saturated heterocycles. The number of hydrogen-bond donors (Lipinski definition) is 4. The molecule has 0 radical (unpaired) electrons. The maximum Gasteiger partial charge on any atom is 0.356 e. The van der Waals surface area contributed by atoms with E-state index in [0.29, 0.717) is 0 Å². The molecule has 0 aliphatic rings. The van der Waals surface area contributed by atoms with Gasteiger partial charge >= 0.3 is 5.97 Å². The first kappa shape index (κ1) is 13.1. The summed E-state index contributed by atoms with van der Waals surface area (Å²) in [7, 11) is 1.17. The van der Waals surface area contributed by atoms with Gasteiger partial charge in [0.25, 0.3) is 0 Å². The van der Waals surface area contributed by atoms with E-state index < -0.39 is 30.5 Å². The van der Waals surface area contributed by atoms with Crippen LogP contribution in [0.3, 0.4) is 0 Å². The lowest BCUT2D eigenvalue weighted by atomic mass is 10.0. The fourth-order valence-electron chi connectivity index (χ4n) is 1.31. The molecule has 94 valence electrons. The minimum absolute atomic E-state index is 0.0469. The van der Waals surface area contributed by atoms with Crippen LogP contribution in [-0.2, 0) is 9.53 Å². The molecule has 0 saturated carbocycles. The Kier molecular flexibility index (Phi) is 4.18. The number of amides is 1. The zero-order valence-corrected chi connectivity index (χ0v) is 9.08. The quantitative estimate of drug-likeness (QED) is 0.462. The van der Waals surface area contributed by atoms with Gasteiger partial charge in [0.1, 0.15) is 11.8 Å². The largest absolute Gasteiger partial charge is 0.464 e. The van der Waals surface area contributed by atoms with Gasteiger partial charge in [0, 0.05) is 5.56 Å². The molecule has 0 spiro atoms. The van der Waals surface area contributed by atoms with Crippen LogP contribution >= 0.6 is 0 Å². The number of methoxy groups -OCH3 is 1. The minimum Gasteiger partial charge on any atom is -0.464 e. The lowest BCUT2D eigenvalue weighted by molar-refractivity contribution is -0.121. The Bertz CT molecular complexity index is 417. The molecule has 2 atom stereocenters. The number of nitrogens with two attached hydrogens (primary N) is 1. The summed E-state index contributed by atoms with van der Waals surface area (Å²) in [5.41, 5.74) is 4.85. The number of aromatic nitrogens is 2. The number of primary amides is 1. The number of H-pyrrole nitrogens is 1. The second kappa shape index (κ2) is 5.41.